The summed E-state index contributed by atoms with van der Waals surface area (Å²) in [6, 6.07) is 9.98. The molecule has 0 radical (unpaired) electrons. The number of amidine groups is 1. The predicted molar refractivity (Wildman–Crippen MR) is 155 cm³/mol. The standard InChI is InChI=1S/C26H38N8OS.3H2/c1-6-24(35)29-18-7-9-20(10-8-18)36-25-31-22(30-21(28)15-17(2)27)16-23(32-25)34-13-11-19(12-14-34)33-26(3,4)5;;;/h7-10,15-16,19,33H,6,11-14,27H2,1-5H3,(H,29,35)(H2,28,30,31,32);3*1H. The van der Waals surface area contributed by atoms with Gasteiger partial charge < -0.3 is 27.0 Å². The number of carbonyl (C=O) groups excluding carboxylic acids is 1. The van der Waals surface area contributed by atoms with Gasteiger partial charge >= 0.3 is 0 Å². The minimum atomic E-state index is -0.0187. The van der Waals surface area contributed by atoms with Crippen molar-refractivity contribution in [1.29, 1.82) is 0 Å². The topological polar surface area (TPSA) is 135 Å². The number of aliphatic imine (C=N–C) groups is 1. The van der Waals surface area contributed by atoms with E-state index in [1.807, 2.05) is 37.3 Å². The van der Waals surface area contributed by atoms with Gasteiger partial charge in [-0.05, 0) is 82.6 Å². The van der Waals surface area contributed by atoms with E-state index in [-0.39, 0.29) is 15.7 Å². The maximum atomic E-state index is 11.6. The van der Waals surface area contributed by atoms with Crippen molar-refractivity contribution in [3.05, 3.63) is 42.1 Å². The highest BCUT2D eigenvalue weighted by Gasteiger charge is 2.24. The predicted octanol–water partition coefficient (Wildman–Crippen LogP) is 4.92. The molecule has 36 heavy (non-hydrogen) atoms. The molecule has 1 saturated heterocycles. The quantitative estimate of drug-likeness (QED) is 0.221. The molecule has 3 rings (SSSR count). The average molecular weight is 517 g/mol. The largest absolute Gasteiger partial charge is 0.402 e. The number of anilines is 2. The molecule has 2 aromatic rings. The first-order valence-electron chi connectivity index (χ1n) is 12.3. The number of rotatable bonds is 8. The fourth-order valence-electron chi connectivity index (χ4n) is 3.89. The van der Waals surface area contributed by atoms with Crippen LogP contribution in [0.2, 0.25) is 0 Å². The molecule has 1 aromatic carbocycles. The summed E-state index contributed by atoms with van der Waals surface area (Å²) in [5.41, 5.74) is 13.2. The van der Waals surface area contributed by atoms with Gasteiger partial charge in [0.1, 0.15) is 11.7 Å². The number of carbonyl (C=O) groups is 1. The smallest absolute Gasteiger partial charge is 0.224 e. The van der Waals surface area contributed by atoms with Crippen molar-refractivity contribution >= 4 is 40.8 Å². The number of nitrogens with one attached hydrogen (secondary N) is 2. The molecule has 0 aliphatic carbocycles. The van der Waals surface area contributed by atoms with Gasteiger partial charge in [-0.1, -0.05) is 6.92 Å². The molecular weight excluding hydrogens is 472 g/mol. The fourth-order valence-corrected chi connectivity index (χ4v) is 4.65. The van der Waals surface area contributed by atoms with Crippen LogP contribution >= 0.6 is 11.8 Å². The van der Waals surface area contributed by atoms with Crippen molar-refractivity contribution in [3.63, 3.8) is 0 Å². The van der Waals surface area contributed by atoms with Gasteiger partial charge in [0, 0.05) is 57.7 Å². The van der Waals surface area contributed by atoms with Gasteiger partial charge in [0.15, 0.2) is 11.0 Å². The summed E-state index contributed by atoms with van der Waals surface area (Å²) in [6.07, 6.45) is 4.11. The van der Waals surface area contributed by atoms with E-state index in [1.54, 1.807) is 13.0 Å². The maximum Gasteiger partial charge on any atom is 0.224 e. The monoisotopic (exact) mass is 516 g/mol. The Bertz CT molecular complexity index is 1110. The zero-order valence-electron chi connectivity index (χ0n) is 21.8. The molecular formula is C26H44N8OS. The number of benzene rings is 1. The molecule has 0 spiro atoms. The van der Waals surface area contributed by atoms with Crippen molar-refractivity contribution in [2.75, 3.05) is 23.3 Å². The lowest BCUT2D eigenvalue weighted by atomic mass is 10.00. The third-order valence-electron chi connectivity index (χ3n) is 5.42. The van der Waals surface area contributed by atoms with Gasteiger partial charge in [0.05, 0.1) is 0 Å². The first-order chi connectivity index (χ1) is 17.0. The van der Waals surface area contributed by atoms with E-state index in [0.29, 0.717) is 35.0 Å². The number of hydrogen-bond acceptors (Lipinski definition) is 8. The molecule has 6 N–H and O–H groups in total. The normalized spacial score (nSPS) is 15.8. The van der Waals surface area contributed by atoms with Crippen LogP contribution in [0.5, 0.6) is 0 Å². The summed E-state index contributed by atoms with van der Waals surface area (Å²) < 4.78 is 0. The summed E-state index contributed by atoms with van der Waals surface area (Å²) in [7, 11) is 0. The maximum absolute atomic E-state index is 11.6. The number of aromatic nitrogens is 2. The number of allylic oxidation sites excluding steroid dienone is 1. The van der Waals surface area contributed by atoms with Gasteiger partial charge in [-0.3, -0.25) is 4.79 Å². The van der Waals surface area contributed by atoms with Crippen LogP contribution < -0.4 is 27.0 Å². The van der Waals surface area contributed by atoms with E-state index in [0.717, 1.165) is 42.3 Å². The number of amides is 1. The van der Waals surface area contributed by atoms with Gasteiger partial charge in [-0.2, -0.15) is 0 Å². The summed E-state index contributed by atoms with van der Waals surface area (Å²) in [4.78, 5) is 28.8. The lowest BCUT2D eigenvalue weighted by Gasteiger charge is -2.36. The Hall–Kier alpha value is -3.11. The Morgan fingerprint density at radius 1 is 1.22 bits per heavy atom. The van der Waals surface area contributed by atoms with Crippen LogP contribution in [0.25, 0.3) is 0 Å². The highest BCUT2D eigenvalue weighted by atomic mass is 32.2. The molecule has 1 fully saturated rings. The molecule has 2 heterocycles. The van der Waals surface area contributed by atoms with Gasteiger partial charge in [0.25, 0.3) is 0 Å². The number of hydrogen-bond donors (Lipinski definition) is 4. The van der Waals surface area contributed by atoms with E-state index >= 15 is 0 Å². The third-order valence-corrected chi connectivity index (χ3v) is 6.30. The third kappa shape index (κ3) is 8.83. The zero-order valence-corrected chi connectivity index (χ0v) is 22.7. The molecule has 0 saturated carbocycles. The Kier molecular flexibility index (Phi) is 9.33. The minimum Gasteiger partial charge on any atom is -0.402 e. The van der Waals surface area contributed by atoms with Crippen LogP contribution in [0, 0.1) is 0 Å². The summed E-state index contributed by atoms with van der Waals surface area (Å²) >= 11 is 1.44. The minimum absolute atomic E-state index is 0. The first kappa shape index (κ1) is 27.5. The fraction of sp³-hybridized carbons (Fsp3) is 0.462. The Morgan fingerprint density at radius 2 is 1.89 bits per heavy atom. The molecule has 0 atom stereocenters. The second kappa shape index (κ2) is 12.2. The number of piperidine rings is 1. The second-order valence-corrected chi connectivity index (χ2v) is 11.0. The van der Waals surface area contributed by atoms with Gasteiger partial charge in [0.2, 0.25) is 5.91 Å². The van der Waals surface area contributed by atoms with Crippen LogP contribution in [0.1, 0.15) is 58.2 Å². The van der Waals surface area contributed by atoms with E-state index < -0.39 is 0 Å². The highest BCUT2D eigenvalue weighted by molar-refractivity contribution is 7.99. The van der Waals surface area contributed by atoms with E-state index in [4.69, 9.17) is 16.5 Å². The molecule has 9 nitrogen and oxygen atoms in total. The summed E-state index contributed by atoms with van der Waals surface area (Å²) in [6.45, 7) is 12.0. The van der Waals surface area contributed by atoms with Crippen molar-refractivity contribution in [2.45, 2.75) is 75.5 Å². The van der Waals surface area contributed by atoms with E-state index in [1.165, 1.54) is 11.8 Å². The molecule has 1 aliphatic heterocycles. The van der Waals surface area contributed by atoms with Crippen LogP contribution in [0.3, 0.4) is 0 Å². The van der Waals surface area contributed by atoms with Gasteiger partial charge in [-0.15, -0.1) is 0 Å². The molecule has 200 valence electrons. The number of nitrogens with zero attached hydrogens (tertiary/aromatic N) is 4. The zero-order chi connectivity index (χ0) is 26.3. The van der Waals surface area contributed by atoms with Crippen LogP contribution in [-0.4, -0.2) is 46.4 Å². The lowest BCUT2D eigenvalue weighted by Crippen LogP contribution is -2.49. The van der Waals surface area contributed by atoms with Crippen LogP contribution in [-0.2, 0) is 4.79 Å². The Balaban J connectivity index is 0.00000481. The van der Waals surface area contributed by atoms with Crippen LogP contribution in [0.15, 0.2) is 57.1 Å². The molecule has 1 amide bonds. The summed E-state index contributed by atoms with van der Waals surface area (Å²) in [5, 5.41) is 7.14. The SMILES string of the molecule is CCC(=O)Nc1ccc(Sc2nc(N=C(N)C=C(C)N)cc(N3CCC(NC(C)(C)C)CC3)n2)cc1.[HH].[HH].[HH]. The molecule has 1 aromatic heterocycles. The van der Waals surface area contributed by atoms with Crippen molar-refractivity contribution in [1.82, 2.24) is 15.3 Å². The van der Waals surface area contributed by atoms with Crippen molar-refractivity contribution in [3.8, 4) is 0 Å². The first-order valence-corrected chi connectivity index (χ1v) is 13.1. The van der Waals surface area contributed by atoms with Crippen molar-refractivity contribution in [2.24, 2.45) is 16.5 Å². The molecule has 1 aliphatic rings. The van der Waals surface area contributed by atoms with Crippen molar-refractivity contribution < 1.29 is 9.07 Å². The summed E-state index contributed by atoms with van der Waals surface area (Å²) in [5.74, 6) is 1.59. The van der Waals surface area contributed by atoms with Gasteiger partial charge in [-0.25, -0.2) is 15.0 Å². The van der Waals surface area contributed by atoms with E-state index in [2.05, 4.69) is 46.3 Å². The molecule has 0 unspecified atom stereocenters. The Labute approximate surface area is 222 Å². The lowest BCUT2D eigenvalue weighted by molar-refractivity contribution is -0.115. The second-order valence-electron chi connectivity index (χ2n) is 9.98. The molecule has 0 bridgehead atoms. The Morgan fingerprint density at radius 3 is 2.47 bits per heavy atom. The van der Waals surface area contributed by atoms with E-state index in [9.17, 15) is 4.79 Å². The van der Waals surface area contributed by atoms with Crippen LogP contribution in [0.4, 0.5) is 17.3 Å². The number of nitrogens with two attached hydrogens (primary N) is 2. The molecule has 10 heteroatoms. The average Bonchev–Trinajstić information content (AvgIpc) is 2.79. The highest BCUT2D eigenvalue weighted by Crippen LogP contribution is 2.31.